The van der Waals surface area contributed by atoms with Crippen molar-refractivity contribution < 1.29 is 4.79 Å². The van der Waals surface area contributed by atoms with Gasteiger partial charge in [0.1, 0.15) is 5.56 Å². The van der Waals surface area contributed by atoms with Crippen LogP contribution >= 0.6 is 11.6 Å². The molecule has 0 radical (unpaired) electrons. The normalized spacial score (nSPS) is 10.6. The van der Waals surface area contributed by atoms with Crippen molar-refractivity contribution in [3.8, 4) is 11.3 Å². The van der Waals surface area contributed by atoms with Crippen LogP contribution in [-0.2, 0) is 6.54 Å². The van der Waals surface area contributed by atoms with Gasteiger partial charge in [-0.2, -0.15) is 0 Å². The van der Waals surface area contributed by atoms with Gasteiger partial charge in [0.2, 0.25) is 0 Å². The van der Waals surface area contributed by atoms with Crippen LogP contribution in [0, 0.1) is 6.92 Å². The van der Waals surface area contributed by atoms with E-state index in [4.69, 9.17) is 11.6 Å². The van der Waals surface area contributed by atoms with E-state index < -0.39 is 5.56 Å². The van der Waals surface area contributed by atoms with Gasteiger partial charge in [-0.15, -0.1) is 0 Å². The van der Waals surface area contributed by atoms with Gasteiger partial charge in [0, 0.05) is 23.8 Å². The lowest BCUT2D eigenvalue weighted by molar-refractivity contribution is 0.0751. The first kappa shape index (κ1) is 18.9. The Kier molecular flexibility index (Phi) is 5.77. The highest BCUT2D eigenvalue weighted by atomic mass is 35.5. The maximum atomic E-state index is 12.9. The van der Waals surface area contributed by atoms with Crippen LogP contribution in [0.5, 0.6) is 0 Å². The summed E-state index contributed by atoms with van der Waals surface area (Å²) in [4.78, 5) is 29.9. The Morgan fingerprint density at radius 1 is 1.07 bits per heavy atom. The summed E-state index contributed by atoms with van der Waals surface area (Å²) in [6.07, 6.45) is 0. The van der Waals surface area contributed by atoms with Gasteiger partial charge in [0.05, 0.1) is 0 Å². The number of aromatic amines is 1. The molecule has 1 amide bonds. The van der Waals surface area contributed by atoms with E-state index in [2.05, 4.69) is 4.98 Å². The molecular weight excluding hydrogens is 360 g/mol. The van der Waals surface area contributed by atoms with Crippen molar-refractivity contribution in [1.82, 2.24) is 9.88 Å². The third kappa shape index (κ3) is 4.29. The average Bonchev–Trinajstić information content (AvgIpc) is 2.67. The molecule has 1 N–H and O–H groups in total. The maximum Gasteiger partial charge on any atom is 0.261 e. The van der Waals surface area contributed by atoms with Crippen molar-refractivity contribution in [3.63, 3.8) is 0 Å². The zero-order chi connectivity index (χ0) is 19.4. The fourth-order valence-corrected chi connectivity index (χ4v) is 3.15. The molecule has 0 aliphatic carbocycles. The quantitative estimate of drug-likeness (QED) is 0.699. The smallest absolute Gasteiger partial charge is 0.261 e. The van der Waals surface area contributed by atoms with Crippen LogP contribution in [0.4, 0.5) is 0 Å². The molecule has 0 saturated heterocycles. The number of carbonyl (C=O) groups is 1. The molecule has 1 aromatic heterocycles. The van der Waals surface area contributed by atoms with E-state index in [-0.39, 0.29) is 11.5 Å². The lowest BCUT2D eigenvalue weighted by atomic mass is 10.1. The second-order valence-electron chi connectivity index (χ2n) is 6.40. The Morgan fingerprint density at radius 3 is 2.52 bits per heavy atom. The number of halogens is 1. The number of rotatable bonds is 5. The summed E-state index contributed by atoms with van der Waals surface area (Å²) in [6.45, 7) is 4.70. The van der Waals surface area contributed by atoms with Crippen LogP contribution in [0.1, 0.15) is 28.4 Å². The number of nitrogens with zero attached hydrogens (tertiary/aromatic N) is 1. The third-order valence-electron chi connectivity index (χ3n) is 4.46. The van der Waals surface area contributed by atoms with Crippen molar-refractivity contribution in [3.05, 3.63) is 92.7 Å². The Morgan fingerprint density at radius 2 is 1.85 bits per heavy atom. The minimum Gasteiger partial charge on any atom is -0.334 e. The standard InChI is InChI=1S/C22H21ClN2O2/c1-3-25(14-17-8-4-5-10-19(17)23)22(27)18-11-12-20(24-21(18)26)16-9-6-7-15(2)13-16/h4-13H,3,14H2,1-2H3,(H,24,26). The summed E-state index contributed by atoms with van der Waals surface area (Å²) in [5, 5.41) is 0.604. The van der Waals surface area contributed by atoms with Gasteiger partial charge in [-0.05, 0) is 49.2 Å². The summed E-state index contributed by atoms with van der Waals surface area (Å²) in [5.41, 5.74) is 3.29. The summed E-state index contributed by atoms with van der Waals surface area (Å²) >= 11 is 6.20. The van der Waals surface area contributed by atoms with E-state index in [9.17, 15) is 9.59 Å². The first-order chi connectivity index (χ1) is 13.0. The lowest BCUT2D eigenvalue weighted by Crippen LogP contribution is -2.34. The van der Waals surface area contributed by atoms with Gasteiger partial charge in [0.25, 0.3) is 11.5 Å². The minimum absolute atomic E-state index is 0.125. The molecule has 0 bridgehead atoms. The number of hydrogen-bond donors (Lipinski definition) is 1. The lowest BCUT2D eigenvalue weighted by Gasteiger charge is -2.21. The number of H-pyrrole nitrogens is 1. The van der Waals surface area contributed by atoms with Crippen LogP contribution in [0.15, 0.2) is 65.5 Å². The molecule has 0 saturated carbocycles. The molecule has 27 heavy (non-hydrogen) atoms. The number of carbonyl (C=O) groups excluding carboxylic acids is 1. The van der Waals surface area contributed by atoms with Crippen LogP contribution in [0.3, 0.4) is 0 Å². The van der Waals surface area contributed by atoms with E-state index in [1.165, 1.54) is 0 Å². The predicted molar refractivity (Wildman–Crippen MR) is 109 cm³/mol. The molecule has 2 aromatic carbocycles. The predicted octanol–water partition coefficient (Wildman–Crippen LogP) is 4.67. The first-order valence-corrected chi connectivity index (χ1v) is 9.20. The fraction of sp³-hybridized carbons (Fsp3) is 0.182. The molecule has 1 heterocycles. The van der Waals surface area contributed by atoms with Crippen molar-refractivity contribution in [1.29, 1.82) is 0 Å². The summed E-state index contributed by atoms with van der Waals surface area (Å²) < 4.78 is 0. The van der Waals surface area contributed by atoms with Crippen LogP contribution in [-0.4, -0.2) is 22.3 Å². The minimum atomic E-state index is -0.392. The molecule has 0 aliphatic heterocycles. The van der Waals surface area contributed by atoms with E-state index in [1.807, 2.05) is 56.3 Å². The Labute approximate surface area is 163 Å². The van der Waals surface area contributed by atoms with Gasteiger partial charge in [-0.1, -0.05) is 53.6 Å². The highest BCUT2D eigenvalue weighted by Gasteiger charge is 2.19. The van der Waals surface area contributed by atoms with E-state index in [0.717, 1.165) is 16.7 Å². The fourth-order valence-electron chi connectivity index (χ4n) is 2.95. The molecule has 3 aromatic rings. The van der Waals surface area contributed by atoms with Crippen molar-refractivity contribution >= 4 is 17.5 Å². The van der Waals surface area contributed by atoms with Crippen LogP contribution in [0.2, 0.25) is 5.02 Å². The monoisotopic (exact) mass is 380 g/mol. The molecule has 0 atom stereocenters. The highest BCUT2D eigenvalue weighted by Crippen LogP contribution is 2.19. The molecule has 0 unspecified atom stereocenters. The van der Waals surface area contributed by atoms with Crippen molar-refractivity contribution in [2.24, 2.45) is 0 Å². The van der Waals surface area contributed by atoms with Crippen LogP contribution in [0.25, 0.3) is 11.3 Å². The molecule has 0 spiro atoms. The Hall–Kier alpha value is -2.85. The molecule has 3 rings (SSSR count). The maximum absolute atomic E-state index is 12.9. The molecule has 138 valence electrons. The van der Waals surface area contributed by atoms with E-state index in [0.29, 0.717) is 23.8 Å². The molecule has 5 heteroatoms. The summed E-state index contributed by atoms with van der Waals surface area (Å²) in [6, 6.07) is 18.6. The number of hydrogen-bond acceptors (Lipinski definition) is 2. The number of aromatic nitrogens is 1. The van der Waals surface area contributed by atoms with Crippen molar-refractivity contribution in [2.45, 2.75) is 20.4 Å². The molecule has 4 nitrogen and oxygen atoms in total. The zero-order valence-electron chi connectivity index (χ0n) is 15.3. The number of benzene rings is 2. The number of pyridine rings is 1. The second-order valence-corrected chi connectivity index (χ2v) is 6.80. The van der Waals surface area contributed by atoms with Crippen molar-refractivity contribution in [2.75, 3.05) is 6.54 Å². The SMILES string of the molecule is CCN(Cc1ccccc1Cl)C(=O)c1ccc(-c2cccc(C)c2)[nH]c1=O. The van der Waals surface area contributed by atoms with Gasteiger partial charge in [0.15, 0.2) is 0 Å². The van der Waals surface area contributed by atoms with Gasteiger partial charge >= 0.3 is 0 Å². The Bertz CT molecular complexity index is 1030. The number of nitrogens with one attached hydrogen (secondary N) is 1. The van der Waals surface area contributed by atoms with E-state index in [1.54, 1.807) is 23.1 Å². The second kappa shape index (κ2) is 8.23. The highest BCUT2D eigenvalue weighted by molar-refractivity contribution is 6.31. The summed E-state index contributed by atoms with van der Waals surface area (Å²) in [7, 11) is 0. The van der Waals surface area contributed by atoms with Gasteiger partial charge < -0.3 is 9.88 Å². The molecule has 0 fully saturated rings. The molecular formula is C22H21ClN2O2. The number of amides is 1. The molecule has 0 aliphatic rings. The largest absolute Gasteiger partial charge is 0.334 e. The van der Waals surface area contributed by atoms with Crippen LogP contribution < -0.4 is 5.56 Å². The van der Waals surface area contributed by atoms with E-state index >= 15 is 0 Å². The summed E-state index contributed by atoms with van der Waals surface area (Å²) in [5.74, 6) is -0.311. The Balaban J connectivity index is 1.87. The van der Waals surface area contributed by atoms with Gasteiger partial charge in [-0.3, -0.25) is 9.59 Å². The van der Waals surface area contributed by atoms with Gasteiger partial charge in [-0.25, -0.2) is 0 Å². The average molecular weight is 381 g/mol. The topological polar surface area (TPSA) is 53.2 Å². The third-order valence-corrected chi connectivity index (χ3v) is 4.83. The zero-order valence-corrected chi connectivity index (χ0v) is 16.1. The first-order valence-electron chi connectivity index (χ1n) is 8.82. The number of aryl methyl sites for hydroxylation is 1.